The normalized spacial score (nSPS) is 18.1. The number of aromatic nitrogens is 2. The summed E-state index contributed by atoms with van der Waals surface area (Å²) in [6.07, 6.45) is 10.5. The van der Waals surface area contributed by atoms with Gasteiger partial charge in [-0.15, -0.1) is 0 Å². The van der Waals surface area contributed by atoms with Crippen LogP contribution in [0.5, 0.6) is 0 Å². The molecule has 0 bridgehead atoms. The molecule has 0 spiro atoms. The lowest BCUT2D eigenvalue weighted by Gasteiger charge is -2.20. The third-order valence-corrected chi connectivity index (χ3v) is 3.52. The molecular weight excluding hydrogens is 230 g/mol. The van der Waals surface area contributed by atoms with Crippen LogP contribution < -0.4 is 5.32 Å². The number of anilines is 1. The van der Waals surface area contributed by atoms with E-state index in [2.05, 4.69) is 10.3 Å². The molecule has 100 valence electrons. The van der Waals surface area contributed by atoms with E-state index in [1.807, 2.05) is 0 Å². The molecule has 0 amide bonds. The lowest BCUT2D eigenvalue weighted by Crippen LogP contribution is -2.20. The van der Waals surface area contributed by atoms with Crippen LogP contribution in [0.1, 0.15) is 55.6 Å². The van der Waals surface area contributed by atoms with Crippen LogP contribution in [0.4, 0.5) is 5.82 Å². The summed E-state index contributed by atoms with van der Waals surface area (Å²) in [5, 5.41) is 12.3. The monoisotopic (exact) mass is 251 g/mol. The van der Waals surface area contributed by atoms with Crippen LogP contribution in [0.3, 0.4) is 0 Å². The van der Waals surface area contributed by atoms with Crippen LogP contribution in [-0.2, 0) is 7.05 Å². The minimum atomic E-state index is -0.983. The summed E-state index contributed by atoms with van der Waals surface area (Å²) in [4.78, 5) is 15.0. The first-order valence-corrected chi connectivity index (χ1v) is 6.70. The first kappa shape index (κ1) is 12.9. The Hall–Kier alpha value is -1.52. The first-order valence-electron chi connectivity index (χ1n) is 6.70. The van der Waals surface area contributed by atoms with E-state index in [0.29, 0.717) is 11.9 Å². The molecule has 1 aromatic rings. The summed E-state index contributed by atoms with van der Waals surface area (Å²) in [7, 11) is 1.71. The summed E-state index contributed by atoms with van der Waals surface area (Å²) in [5.74, 6) is -0.216. The van der Waals surface area contributed by atoms with Crippen molar-refractivity contribution >= 4 is 11.8 Å². The molecule has 5 nitrogen and oxygen atoms in total. The maximum Gasteiger partial charge on any atom is 0.372 e. The fraction of sp³-hybridized carbons (Fsp3) is 0.692. The molecule has 2 rings (SSSR count). The van der Waals surface area contributed by atoms with Crippen molar-refractivity contribution in [3.05, 3.63) is 12.0 Å². The van der Waals surface area contributed by atoms with Gasteiger partial charge in [-0.1, -0.05) is 32.1 Å². The van der Waals surface area contributed by atoms with Crippen molar-refractivity contribution in [1.82, 2.24) is 9.55 Å². The highest BCUT2D eigenvalue weighted by Crippen LogP contribution is 2.20. The van der Waals surface area contributed by atoms with Crippen molar-refractivity contribution in [3.63, 3.8) is 0 Å². The van der Waals surface area contributed by atoms with E-state index >= 15 is 0 Å². The quantitative estimate of drug-likeness (QED) is 0.866. The van der Waals surface area contributed by atoms with Gasteiger partial charge in [0.2, 0.25) is 5.82 Å². The zero-order valence-electron chi connectivity index (χ0n) is 10.9. The van der Waals surface area contributed by atoms with E-state index in [-0.39, 0.29) is 5.82 Å². The Labute approximate surface area is 107 Å². The number of carbonyl (C=O) groups is 1. The fourth-order valence-electron chi connectivity index (χ4n) is 2.54. The van der Waals surface area contributed by atoms with Gasteiger partial charge < -0.3 is 15.0 Å². The van der Waals surface area contributed by atoms with Gasteiger partial charge in [-0.25, -0.2) is 9.78 Å². The fourth-order valence-corrected chi connectivity index (χ4v) is 2.54. The molecule has 18 heavy (non-hydrogen) atoms. The minimum absolute atomic E-state index is 0.0864. The van der Waals surface area contributed by atoms with E-state index in [1.165, 1.54) is 32.1 Å². The number of aromatic carboxylic acids is 1. The first-order chi connectivity index (χ1) is 8.66. The molecule has 1 aromatic heterocycles. The Morgan fingerprint density at radius 3 is 2.50 bits per heavy atom. The summed E-state index contributed by atoms with van der Waals surface area (Å²) >= 11 is 0. The van der Waals surface area contributed by atoms with Gasteiger partial charge in [0.1, 0.15) is 5.82 Å². The van der Waals surface area contributed by atoms with Crippen LogP contribution in [-0.4, -0.2) is 26.7 Å². The van der Waals surface area contributed by atoms with Gasteiger partial charge in [0.15, 0.2) is 0 Å². The second-order valence-electron chi connectivity index (χ2n) is 5.05. The summed E-state index contributed by atoms with van der Waals surface area (Å²) in [5.41, 5.74) is 0. The zero-order valence-corrected chi connectivity index (χ0v) is 10.9. The maximum atomic E-state index is 10.9. The van der Waals surface area contributed by atoms with Crippen molar-refractivity contribution in [2.75, 3.05) is 5.32 Å². The number of imidazole rings is 1. The third-order valence-electron chi connectivity index (χ3n) is 3.52. The van der Waals surface area contributed by atoms with Gasteiger partial charge in [-0.2, -0.15) is 0 Å². The number of nitrogens with one attached hydrogen (secondary N) is 1. The SMILES string of the molecule is Cn1cc(NC2CCCCCCC2)nc1C(=O)O. The predicted molar refractivity (Wildman–Crippen MR) is 69.9 cm³/mol. The van der Waals surface area contributed by atoms with Crippen LogP contribution in [0, 0.1) is 0 Å². The van der Waals surface area contributed by atoms with Crippen LogP contribution in [0.15, 0.2) is 6.20 Å². The molecular formula is C13H21N3O2. The summed E-state index contributed by atoms with van der Waals surface area (Å²) in [6, 6.07) is 0.432. The number of carboxylic acid groups (broad SMARTS) is 1. The van der Waals surface area contributed by atoms with Crippen molar-refractivity contribution in [3.8, 4) is 0 Å². The molecule has 0 radical (unpaired) electrons. The van der Waals surface area contributed by atoms with Crippen molar-refractivity contribution in [2.24, 2.45) is 7.05 Å². The molecule has 0 aromatic carbocycles. The van der Waals surface area contributed by atoms with Crippen molar-refractivity contribution in [2.45, 2.75) is 51.0 Å². The molecule has 1 fully saturated rings. The van der Waals surface area contributed by atoms with E-state index in [1.54, 1.807) is 17.8 Å². The molecule has 1 aliphatic carbocycles. The van der Waals surface area contributed by atoms with Gasteiger partial charge in [0.05, 0.1) is 0 Å². The van der Waals surface area contributed by atoms with Gasteiger partial charge >= 0.3 is 5.97 Å². The van der Waals surface area contributed by atoms with Crippen molar-refractivity contribution < 1.29 is 9.90 Å². The number of hydrogen-bond acceptors (Lipinski definition) is 3. The minimum Gasteiger partial charge on any atom is -0.475 e. The van der Waals surface area contributed by atoms with Crippen molar-refractivity contribution in [1.29, 1.82) is 0 Å². The third kappa shape index (κ3) is 3.24. The Morgan fingerprint density at radius 2 is 1.94 bits per heavy atom. The zero-order chi connectivity index (χ0) is 13.0. The van der Waals surface area contributed by atoms with Crippen LogP contribution in [0.25, 0.3) is 0 Å². The predicted octanol–water partition coefficient (Wildman–Crippen LogP) is 2.64. The molecule has 0 saturated heterocycles. The highest BCUT2D eigenvalue weighted by Gasteiger charge is 2.15. The van der Waals surface area contributed by atoms with E-state index in [0.717, 1.165) is 12.8 Å². The largest absolute Gasteiger partial charge is 0.475 e. The second kappa shape index (κ2) is 5.89. The van der Waals surface area contributed by atoms with E-state index in [9.17, 15) is 4.79 Å². The highest BCUT2D eigenvalue weighted by atomic mass is 16.4. The molecule has 2 N–H and O–H groups in total. The topological polar surface area (TPSA) is 67.2 Å². The molecule has 1 aliphatic rings. The van der Waals surface area contributed by atoms with Gasteiger partial charge in [0, 0.05) is 19.3 Å². The molecule has 0 unspecified atom stereocenters. The van der Waals surface area contributed by atoms with Gasteiger partial charge in [0.25, 0.3) is 0 Å². The number of aryl methyl sites for hydroxylation is 1. The lowest BCUT2D eigenvalue weighted by molar-refractivity contribution is 0.0680. The van der Waals surface area contributed by atoms with Crippen LogP contribution in [0.2, 0.25) is 0 Å². The lowest BCUT2D eigenvalue weighted by atomic mass is 9.97. The molecule has 1 heterocycles. The Kier molecular flexibility index (Phi) is 4.23. The summed E-state index contributed by atoms with van der Waals surface area (Å²) in [6.45, 7) is 0. The van der Waals surface area contributed by atoms with Crippen LogP contribution >= 0.6 is 0 Å². The Balaban J connectivity index is 1.99. The average molecular weight is 251 g/mol. The highest BCUT2D eigenvalue weighted by molar-refractivity contribution is 5.84. The number of carboxylic acids is 1. The smallest absolute Gasteiger partial charge is 0.372 e. The molecule has 0 aliphatic heterocycles. The van der Waals surface area contributed by atoms with Gasteiger partial charge in [-0.05, 0) is 12.8 Å². The standard InChI is InChI=1S/C13H21N3O2/c1-16-9-11(15-12(16)13(17)18)14-10-7-5-3-2-4-6-8-10/h9-10,14H,2-8H2,1H3,(H,17,18). The second-order valence-corrected chi connectivity index (χ2v) is 5.05. The Bertz CT molecular complexity index is 406. The van der Waals surface area contributed by atoms with E-state index < -0.39 is 5.97 Å². The molecule has 0 atom stereocenters. The number of rotatable bonds is 3. The number of hydrogen-bond donors (Lipinski definition) is 2. The molecule has 5 heteroatoms. The average Bonchev–Trinajstić information content (AvgIpc) is 2.63. The summed E-state index contributed by atoms with van der Waals surface area (Å²) < 4.78 is 1.55. The van der Waals surface area contributed by atoms with Gasteiger partial charge in [-0.3, -0.25) is 0 Å². The number of nitrogens with zero attached hydrogens (tertiary/aromatic N) is 2. The van der Waals surface area contributed by atoms with E-state index in [4.69, 9.17) is 5.11 Å². The molecule has 1 saturated carbocycles. The maximum absolute atomic E-state index is 10.9. The Morgan fingerprint density at radius 1 is 1.33 bits per heavy atom.